The number of imidazole rings is 1. The van der Waals surface area contributed by atoms with Gasteiger partial charge in [-0.3, -0.25) is 19.4 Å². The molecule has 16 heteroatoms. The summed E-state index contributed by atoms with van der Waals surface area (Å²) in [6, 6.07) is 4.89. The molecule has 220 valence electrons. The molecule has 0 saturated carbocycles. The van der Waals surface area contributed by atoms with Gasteiger partial charge in [0.2, 0.25) is 0 Å². The molecule has 6 heterocycles. The van der Waals surface area contributed by atoms with E-state index in [0.717, 1.165) is 42.3 Å². The zero-order valence-corrected chi connectivity index (χ0v) is 24.2. The van der Waals surface area contributed by atoms with Gasteiger partial charge in [0.15, 0.2) is 16.5 Å². The number of oxime groups is 1. The number of aromatic nitrogens is 3. The Morgan fingerprint density at radius 1 is 1.33 bits per heavy atom. The van der Waals surface area contributed by atoms with Crippen LogP contribution in [0.3, 0.4) is 0 Å². The topological polar surface area (TPSA) is 171 Å². The number of rotatable bonds is 9. The number of nitrogens with one attached hydrogen (secondary N) is 1. The third-order valence-electron chi connectivity index (χ3n) is 7.29. The Hall–Kier alpha value is -3.99. The van der Waals surface area contributed by atoms with Crippen LogP contribution in [0.4, 0.5) is 5.13 Å². The molecule has 3 N–H and O–H groups in total. The van der Waals surface area contributed by atoms with Gasteiger partial charge in [-0.1, -0.05) is 11.2 Å². The monoisotopic (exact) mass is 612 g/mol. The fraction of sp³-hybridized carbons (Fsp3) is 0.385. The van der Waals surface area contributed by atoms with Gasteiger partial charge in [-0.25, -0.2) is 9.55 Å². The molecule has 2 saturated heterocycles. The standard InChI is InChI=1S/C26H28N8O6S2/c1-39-30-19(17-14-42-26(27)28-17)22(35)29-20-23(36)34-21(25(37)38)15(13-41-24(20)34)10-32-12-16(11-31-6-8-40-9-7-31)33-5-3-2-4-18(32)33/h2-5,12,14,20,24H,6-11,13H2,1H3,(H3-,27,28,29,35,37,38)/b30-19-/t20-,24-/m1/s1. The highest BCUT2D eigenvalue weighted by Gasteiger charge is 2.53. The zero-order chi connectivity index (χ0) is 29.4. The van der Waals surface area contributed by atoms with Crippen molar-refractivity contribution in [3.63, 3.8) is 0 Å². The first-order valence-corrected chi connectivity index (χ1v) is 15.1. The number of hydrogen-bond acceptors (Lipinski definition) is 12. The predicted molar refractivity (Wildman–Crippen MR) is 151 cm³/mol. The lowest BCUT2D eigenvalue weighted by Gasteiger charge is -2.50. The number of morpholine rings is 1. The van der Waals surface area contributed by atoms with Crippen molar-refractivity contribution in [2.45, 2.75) is 24.5 Å². The summed E-state index contributed by atoms with van der Waals surface area (Å²) in [5, 5.41) is 20.0. The maximum atomic E-state index is 13.2. The lowest BCUT2D eigenvalue weighted by atomic mass is 10.0. The van der Waals surface area contributed by atoms with E-state index in [1.807, 2.05) is 35.2 Å². The first-order chi connectivity index (χ1) is 20.4. The van der Waals surface area contributed by atoms with Gasteiger partial charge in [0.25, 0.3) is 17.5 Å². The third kappa shape index (κ3) is 5.21. The van der Waals surface area contributed by atoms with Crippen molar-refractivity contribution in [3.8, 4) is 0 Å². The molecule has 2 fully saturated rings. The van der Waals surface area contributed by atoms with E-state index in [0.29, 0.717) is 24.5 Å². The molecule has 6 rings (SSSR count). The maximum absolute atomic E-state index is 13.2. The predicted octanol–water partition coefficient (Wildman–Crippen LogP) is -1.45. The number of ether oxygens (including phenoxy) is 1. The highest BCUT2D eigenvalue weighted by molar-refractivity contribution is 8.00. The number of nitrogens with zero attached hydrogens (tertiary/aromatic N) is 6. The Labute approximate surface area is 248 Å². The van der Waals surface area contributed by atoms with E-state index in [1.165, 1.54) is 23.8 Å². The van der Waals surface area contributed by atoms with Crippen LogP contribution >= 0.6 is 23.1 Å². The first kappa shape index (κ1) is 28.1. The lowest BCUT2D eigenvalue weighted by Crippen LogP contribution is -2.71. The SMILES string of the molecule is CO/N=C(\C(=O)N[C@@H]1C(=O)N2C(C(=O)[O-])=C(C[n+]3cc(CN4CCOCC4)n4ccccc43)CS[C@H]12)c1csc(N)n1. The summed E-state index contributed by atoms with van der Waals surface area (Å²) in [5.41, 5.74) is 8.09. The van der Waals surface area contributed by atoms with E-state index >= 15 is 0 Å². The zero-order valence-electron chi connectivity index (χ0n) is 22.6. The number of nitrogen functional groups attached to an aromatic ring is 1. The molecule has 3 aliphatic heterocycles. The highest BCUT2D eigenvalue weighted by atomic mass is 32.2. The van der Waals surface area contributed by atoms with Crippen LogP contribution in [0.25, 0.3) is 5.65 Å². The summed E-state index contributed by atoms with van der Waals surface area (Å²) >= 11 is 2.51. The molecule has 0 spiro atoms. The largest absolute Gasteiger partial charge is 0.543 e. The molecule has 42 heavy (non-hydrogen) atoms. The molecule has 3 aromatic heterocycles. The normalized spacial score (nSPS) is 21.3. The number of hydrogen-bond donors (Lipinski definition) is 2. The Balaban J connectivity index is 1.23. The quantitative estimate of drug-likeness (QED) is 0.126. The number of pyridine rings is 1. The number of carbonyl (C=O) groups is 3. The Morgan fingerprint density at radius 3 is 2.86 bits per heavy atom. The van der Waals surface area contributed by atoms with Crippen molar-refractivity contribution < 1.29 is 33.6 Å². The number of thioether (sulfide) groups is 1. The van der Waals surface area contributed by atoms with Gasteiger partial charge in [0.05, 0.1) is 37.6 Å². The molecule has 0 unspecified atom stereocenters. The Kier molecular flexibility index (Phi) is 7.85. The van der Waals surface area contributed by atoms with Crippen LogP contribution in [0.2, 0.25) is 0 Å². The summed E-state index contributed by atoms with van der Waals surface area (Å²) in [6.07, 6.45) is 4.00. The third-order valence-corrected chi connectivity index (χ3v) is 9.30. The number of carboxylic acids is 1. The van der Waals surface area contributed by atoms with Crippen molar-refractivity contribution in [1.82, 2.24) is 24.5 Å². The number of fused-ring (bicyclic) bond motifs is 2. The van der Waals surface area contributed by atoms with E-state index in [1.54, 1.807) is 5.38 Å². The van der Waals surface area contributed by atoms with E-state index in [4.69, 9.17) is 15.3 Å². The summed E-state index contributed by atoms with van der Waals surface area (Å²) in [4.78, 5) is 51.0. The second kappa shape index (κ2) is 11.7. The van der Waals surface area contributed by atoms with Gasteiger partial charge in [-0.15, -0.1) is 23.1 Å². The molecule has 3 aromatic rings. The minimum absolute atomic E-state index is 0.140. The molecule has 0 aliphatic carbocycles. The lowest BCUT2D eigenvalue weighted by molar-refractivity contribution is -0.662. The van der Waals surface area contributed by atoms with Gasteiger partial charge in [0.1, 0.15) is 37.0 Å². The van der Waals surface area contributed by atoms with E-state index < -0.39 is 29.2 Å². The highest BCUT2D eigenvalue weighted by Crippen LogP contribution is 2.40. The molecule has 2 atom stereocenters. The smallest absolute Gasteiger partial charge is 0.286 e. The molecule has 3 aliphatic rings. The second-order valence-corrected chi connectivity index (χ2v) is 11.9. The summed E-state index contributed by atoms with van der Waals surface area (Å²) in [6.45, 7) is 4.03. The number of carboxylic acid groups (broad SMARTS) is 1. The summed E-state index contributed by atoms with van der Waals surface area (Å²) in [5.74, 6) is -2.34. The van der Waals surface area contributed by atoms with Crippen molar-refractivity contribution in [1.29, 1.82) is 0 Å². The van der Waals surface area contributed by atoms with Crippen LogP contribution in [0, 0.1) is 0 Å². The number of β-lactam (4-membered cyclic amide) rings is 1. The van der Waals surface area contributed by atoms with Crippen molar-refractivity contribution >= 4 is 57.4 Å². The molecular weight excluding hydrogens is 584 g/mol. The minimum atomic E-state index is -1.44. The summed E-state index contributed by atoms with van der Waals surface area (Å²) in [7, 11) is 1.28. The minimum Gasteiger partial charge on any atom is -0.543 e. The van der Waals surface area contributed by atoms with Crippen molar-refractivity contribution in [2.24, 2.45) is 5.16 Å². The van der Waals surface area contributed by atoms with Crippen LogP contribution in [-0.2, 0) is 37.0 Å². The number of aliphatic carboxylic acids is 1. The van der Waals surface area contributed by atoms with E-state index in [9.17, 15) is 19.5 Å². The van der Waals surface area contributed by atoms with Gasteiger partial charge in [-0.2, -0.15) is 4.40 Å². The molecule has 0 radical (unpaired) electrons. The van der Waals surface area contributed by atoms with Crippen LogP contribution in [0.15, 0.2) is 52.4 Å². The molecule has 2 amide bonds. The average molecular weight is 613 g/mol. The van der Waals surface area contributed by atoms with Crippen LogP contribution in [0.1, 0.15) is 11.4 Å². The average Bonchev–Trinajstić information content (AvgIpc) is 3.57. The number of carbonyl (C=O) groups excluding carboxylic acids is 3. The molecule has 0 aromatic carbocycles. The number of thiazole rings is 1. The second-order valence-electron chi connectivity index (χ2n) is 9.86. The van der Waals surface area contributed by atoms with Crippen LogP contribution in [-0.4, -0.2) is 93.3 Å². The van der Waals surface area contributed by atoms with Gasteiger partial charge < -0.3 is 30.5 Å². The number of anilines is 1. The van der Waals surface area contributed by atoms with Crippen molar-refractivity contribution in [3.05, 3.63) is 58.6 Å². The fourth-order valence-corrected chi connectivity index (χ4v) is 7.23. The van der Waals surface area contributed by atoms with E-state index in [2.05, 4.69) is 24.8 Å². The van der Waals surface area contributed by atoms with Gasteiger partial charge in [-0.05, 0) is 6.07 Å². The van der Waals surface area contributed by atoms with Crippen molar-refractivity contribution in [2.75, 3.05) is 44.9 Å². The van der Waals surface area contributed by atoms with Gasteiger partial charge in [0, 0.05) is 35.9 Å². The van der Waals surface area contributed by atoms with Crippen LogP contribution < -0.4 is 20.7 Å². The first-order valence-electron chi connectivity index (χ1n) is 13.2. The Morgan fingerprint density at radius 2 is 2.14 bits per heavy atom. The number of nitrogens with two attached hydrogens (primary N) is 1. The molecular formula is C26H28N8O6S2. The van der Waals surface area contributed by atoms with Gasteiger partial charge >= 0.3 is 0 Å². The number of amides is 2. The molecule has 14 nitrogen and oxygen atoms in total. The maximum Gasteiger partial charge on any atom is 0.286 e. The molecule has 0 bridgehead atoms. The van der Waals surface area contributed by atoms with Crippen LogP contribution in [0.5, 0.6) is 0 Å². The Bertz CT molecular complexity index is 1610. The van der Waals surface area contributed by atoms with E-state index in [-0.39, 0.29) is 28.8 Å². The summed E-state index contributed by atoms with van der Waals surface area (Å²) < 4.78 is 9.55. The fourth-order valence-electron chi connectivity index (χ4n) is 5.35.